The lowest BCUT2D eigenvalue weighted by atomic mass is 9.82. The Morgan fingerprint density at radius 2 is 1.58 bits per heavy atom. The molecule has 5 rings (SSSR count). The van der Waals surface area contributed by atoms with Crippen LogP contribution in [0.25, 0.3) is 22.3 Å². The van der Waals surface area contributed by atoms with E-state index < -0.39 is 5.41 Å². The fourth-order valence-corrected chi connectivity index (χ4v) is 4.60. The molecule has 1 amide bonds. The predicted molar refractivity (Wildman–Crippen MR) is 142 cm³/mol. The van der Waals surface area contributed by atoms with Gasteiger partial charge in [-0.3, -0.25) is 4.79 Å². The topological polar surface area (TPSA) is 68.3 Å². The first-order chi connectivity index (χ1) is 17.2. The standard InChI is InChI=1S/C31H30N2O3/c1-19-11-13-23(14-12-19)29(22-9-7-6-8-10-22)32-30(34)31(4,5)25-15-16-26-24(17-25)18-27(35-26)28-20(2)33-36-21(28)3/h6-18,29H,1-5H3,(H,32,34). The molecule has 0 spiro atoms. The second kappa shape index (κ2) is 9.15. The lowest BCUT2D eigenvalue weighted by Crippen LogP contribution is -2.42. The number of carbonyl (C=O) groups excluding carboxylic acids is 1. The molecule has 0 fully saturated rings. The van der Waals surface area contributed by atoms with Crippen molar-refractivity contribution in [3.8, 4) is 11.3 Å². The quantitative estimate of drug-likeness (QED) is 0.280. The van der Waals surface area contributed by atoms with Gasteiger partial charge in [-0.05, 0) is 69.5 Å². The van der Waals surface area contributed by atoms with Crippen LogP contribution in [0.1, 0.15) is 53.6 Å². The zero-order chi connectivity index (χ0) is 25.4. The lowest BCUT2D eigenvalue weighted by molar-refractivity contribution is -0.126. The number of carbonyl (C=O) groups is 1. The Hall–Kier alpha value is -4.12. The van der Waals surface area contributed by atoms with E-state index in [9.17, 15) is 4.79 Å². The van der Waals surface area contributed by atoms with E-state index in [1.165, 1.54) is 5.56 Å². The van der Waals surface area contributed by atoms with Gasteiger partial charge in [-0.15, -0.1) is 0 Å². The maximum Gasteiger partial charge on any atom is 0.230 e. The molecule has 5 heteroatoms. The Kier molecular flexibility index (Phi) is 6.00. The number of hydrogen-bond donors (Lipinski definition) is 1. The molecule has 1 unspecified atom stereocenters. The first-order valence-corrected chi connectivity index (χ1v) is 12.1. The van der Waals surface area contributed by atoms with Gasteiger partial charge in [0, 0.05) is 5.39 Å². The number of nitrogens with zero attached hydrogens (tertiary/aromatic N) is 1. The summed E-state index contributed by atoms with van der Waals surface area (Å²) in [6.07, 6.45) is 0. The SMILES string of the molecule is Cc1ccc(C(NC(=O)C(C)(C)c2ccc3oc(-c4c(C)noc4C)cc3c2)c2ccccc2)cc1. The third-order valence-electron chi connectivity index (χ3n) is 6.90. The Balaban J connectivity index is 1.47. The van der Waals surface area contributed by atoms with E-state index >= 15 is 0 Å². The first kappa shape index (κ1) is 23.6. The number of aromatic nitrogens is 1. The molecule has 0 aliphatic carbocycles. The molecule has 0 radical (unpaired) electrons. The average molecular weight is 479 g/mol. The smallest absolute Gasteiger partial charge is 0.230 e. The van der Waals surface area contributed by atoms with Gasteiger partial charge in [-0.25, -0.2) is 0 Å². The molecule has 0 aliphatic heterocycles. The summed E-state index contributed by atoms with van der Waals surface area (Å²) < 4.78 is 11.4. The van der Waals surface area contributed by atoms with Crippen molar-refractivity contribution >= 4 is 16.9 Å². The zero-order valence-electron chi connectivity index (χ0n) is 21.3. The molecule has 36 heavy (non-hydrogen) atoms. The third-order valence-corrected chi connectivity index (χ3v) is 6.90. The summed E-state index contributed by atoms with van der Waals surface area (Å²) >= 11 is 0. The van der Waals surface area contributed by atoms with Crippen LogP contribution in [-0.2, 0) is 10.2 Å². The Morgan fingerprint density at radius 1 is 0.889 bits per heavy atom. The van der Waals surface area contributed by atoms with Gasteiger partial charge in [0.2, 0.25) is 5.91 Å². The van der Waals surface area contributed by atoms with Crippen LogP contribution in [0.15, 0.2) is 87.8 Å². The van der Waals surface area contributed by atoms with Gasteiger partial charge in [-0.1, -0.05) is 71.4 Å². The Morgan fingerprint density at radius 3 is 2.25 bits per heavy atom. The van der Waals surface area contributed by atoms with Gasteiger partial charge < -0.3 is 14.3 Å². The summed E-state index contributed by atoms with van der Waals surface area (Å²) in [5, 5.41) is 8.28. The number of hydrogen-bond acceptors (Lipinski definition) is 4. The van der Waals surface area contributed by atoms with Crippen LogP contribution < -0.4 is 5.32 Å². The molecule has 5 nitrogen and oxygen atoms in total. The number of amides is 1. The van der Waals surface area contributed by atoms with Crippen LogP contribution in [0.5, 0.6) is 0 Å². The van der Waals surface area contributed by atoms with E-state index in [0.29, 0.717) is 5.76 Å². The van der Waals surface area contributed by atoms with Crippen LogP contribution in [0.2, 0.25) is 0 Å². The van der Waals surface area contributed by atoms with Crippen molar-refractivity contribution in [3.63, 3.8) is 0 Å². The highest BCUT2D eigenvalue weighted by molar-refractivity contribution is 5.91. The second-order valence-electron chi connectivity index (χ2n) is 9.92. The second-order valence-corrected chi connectivity index (χ2v) is 9.92. The fourth-order valence-electron chi connectivity index (χ4n) is 4.60. The summed E-state index contributed by atoms with van der Waals surface area (Å²) in [4.78, 5) is 13.8. The van der Waals surface area contributed by atoms with Crippen molar-refractivity contribution in [1.82, 2.24) is 10.5 Å². The molecule has 2 aromatic heterocycles. The van der Waals surface area contributed by atoms with Crippen LogP contribution in [-0.4, -0.2) is 11.1 Å². The summed E-state index contributed by atoms with van der Waals surface area (Å²) in [6.45, 7) is 9.74. The van der Waals surface area contributed by atoms with Crippen LogP contribution in [0, 0.1) is 20.8 Å². The number of fused-ring (bicyclic) bond motifs is 1. The fraction of sp³-hybridized carbons (Fsp3) is 0.226. The molecule has 3 aromatic carbocycles. The molecular formula is C31H30N2O3. The molecule has 0 bridgehead atoms. The minimum Gasteiger partial charge on any atom is -0.456 e. The molecular weight excluding hydrogens is 448 g/mol. The largest absolute Gasteiger partial charge is 0.456 e. The summed E-state index contributed by atoms with van der Waals surface area (Å²) in [5.74, 6) is 1.38. The van der Waals surface area contributed by atoms with Crippen LogP contribution >= 0.6 is 0 Å². The highest BCUT2D eigenvalue weighted by Crippen LogP contribution is 2.35. The predicted octanol–water partition coefficient (Wildman–Crippen LogP) is 7.20. The average Bonchev–Trinajstić information content (AvgIpc) is 3.44. The molecule has 5 aromatic rings. The highest BCUT2D eigenvalue weighted by Gasteiger charge is 2.32. The lowest BCUT2D eigenvalue weighted by Gasteiger charge is -2.28. The van der Waals surface area contributed by atoms with Gasteiger partial charge in [0.15, 0.2) is 0 Å². The minimum atomic E-state index is -0.771. The van der Waals surface area contributed by atoms with E-state index in [1.807, 2.05) is 82.3 Å². The number of rotatable bonds is 6. The van der Waals surface area contributed by atoms with Crippen molar-refractivity contribution in [3.05, 3.63) is 113 Å². The minimum absolute atomic E-state index is 0.0503. The highest BCUT2D eigenvalue weighted by atomic mass is 16.5. The molecule has 0 saturated heterocycles. The molecule has 1 N–H and O–H groups in total. The monoisotopic (exact) mass is 478 g/mol. The van der Waals surface area contributed by atoms with E-state index in [4.69, 9.17) is 8.94 Å². The molecule has 2 heterocycles. The van der Waals surface area contributed by atoms with Gasteiger partial charge in [-0.2, -0.15) is 0 Å². The van der Waals surface area contributed by atoms with E-state index in [0.717, 1.165) is 44.7 Å². The van der Waals surface area contributed by atoms with Gasteiger partial charge >= 0.3 is 0 Å². The van der Waals surface area contributed by atoms with E-state index in [1.54, 1.807) is 0 Å². The van der Waals surface area contributed by atoms with Crippen molar-refractivity contribution < 1.29 is 13.7 Å². The van der Waals surface area contributed by atoms with Crippen molar-refractivity contribution in [2.24, 2.45) is 0 Å². The normalized spacial score (nSPS) is 12.6. The van der Waals surface area contributed by atoms with Crippen molar-refractivity contribution in [1.29, 1.82) is 0 Å². The Bertz CT molecular complexity index is 1510. The van der Waals surface area contributed by atoms with Crippen LogP contribution in [0.3, 0.4) is 0 Å². The first-order valence-electron chi connectivity index (χ1n) is 12.1. The molecule has 182 valence electrons. The van der Waals surface area contributed by atoms with Gasteiger partial charge in [0.25, 0.3) is 0 Å². The summed E-state index contributed by atoms with van der Waals surface area (Å²) in [7, 11) is 0. The third kappa shape index (κ3) is 4.33. The maximum absolute atomic E-state index is 13.8. The Labute approximate surface area is 211 Å². The number of furan rings is 1. The number of aryl methyl sites for hydroxylation is 3. The van der Waals surface area contributed by atoms with Crippen molar-refractivity contribution in [2.75, 3.05) is 0 Å². The van der Waals surface area contributed by atoms with Crippen molar-refractivity contribution in [2.45, 2.75) is 46.1 Å². The molecule has 0 saturated carbocycles. The summed E-state index contributed by atoms with van der Waals surface area (Å²) in [5.41, 5.74) is 5.82. The summed E-state index contributed by atoms with van der Waals surface area (Å²) in [6, 6.07) is 26.0. The maximum atomic E-state index is 13.8. The van der Waals surface area contributed by atoms with E-state index in [-0.39, 0.29) is 11.9 Å². The van der Waals surface area contributed by atoms with Crippen LogP contribution in [0.4, 0.5) is 0 Å². The molecule has 1 atom stereocenters. The number of benzene rings is 3. The van der Waals surface area contributed by atoms with Gasteiger partial charge in [0.05, 0.1) is 22.7 Å². The molecule has 0 aliphatic rings. The number of nitrogens with one attached hydrogen (secondary N) is 1. The van der Waals surface area contributed by atoms with Gasteiger partial charge in [0.1, 0.15) is 17.1 Å². The zero-order valence-corrected chi connectivity index (χ0v) is 21.3. The van der Waals surface area contributed by atoms with E-state index in [2.05, 4.69) is 41.7 Å².